The number of alkyl halides is 3. The minimum atomic E-state index is -4.53. The fourth-order valence-electron chi connectivity index (χ4n) is 1.97. The van der Waals surface area contributed by atoms with Crippen LogP contribution in [0.25, 0.3) is 0 Å². The largest absolute Gasteiger partial charge is 0.444 e. The van der Waals surface area contributed by atoms with Crippen LogP contribution < -0.4 is 5.73 Å². The van der Waals surface area contributed by atoms with Gasteiger partial charge in [-0.15, -0.1) is 0 Å². The van der Waals surface area contributed by atoms with Gasteiger partial charge < -0.3 is 10.5 Å². The molecule has 1 heterocycles. The molecule has 1 amide bonds. The van der Waals surface area contributed by atoms with Gasteiger partial charge in [-0.1, -0.05) is 0 Å². The third-order valence-electron chi connectivity index (χ3n) is 2.64. The zero-order valence-corrected chi connectivity index (χ0v) is 10.8. The lowest BCUT2D eigenvalue weighted by molar-refractivity contribution is -0.191. The number of likely N-dealkylation sites (tertiary alicyclic amines) is 1. The van der Waals surface area contributed by atoms with Gasteiger partial charge in [0.1, 0.15) is 11.6 Å². The summed E-state index contributed by atoms with van der Waals surface area (Å²) in [6.45, 7) is 4.85. The molecule has 106 valence electrons. The van der Waals surface area contributed by atoms with E-state index in [1.165, 1.54) is 0 Å². The van der Waals surface area contributed by atoms with Crippen LogP contribution >= 0.6 is 0 Å². The molecule has 7 heteroatoms. The van der Waals surface area contributed by atoms with Gasteiger partial charge in [0.2, 0.25) is 0 Å². The van der Waals surface area contributed by atoms with E-state index in [9.17, 15) is 18.0 Å². The normalized spacial score (nSPS) is 26.1. The maximum atomic E-state index is 12.9. The van der Waals surface area contributed by atoms with Crippen LogP contribution in [0.3, 0.4) is 0 Å². The Morgan fingerprint density at radius 1 is 1.33 bits per heavy atom. The molecule has 18 heavy (non-hydrogen) atoms. The maximum Gasteiger partial charge on any atom is 0.410 e. The average molecular weight is 268 g/mol. The molecule has 1 aliphatic heterocycles. The minimum Gasteiger partial charge on any atom is -0.444 e. The minimum absolute atomic E-state index is 0.0206. The number of ether oxygens (including phenoxy) is 1. The van der Waals surface area contributed by atoms with Crippen molar-refractivity contribution in [3.8, 4) is 0 Å². The molecule has 0 aromatic rings. The predicted octanol–water partition coefficient (Wildman–Crippen LogP) is 2.28. The van der Waals surface area contributed by atoms with Gasteiger partial charge in [0, 0.05) is 12.6 Å². The van der Waals surface area contributed by atoms with Gasteiger partial charge in [0.25, 0.3) is 0 Å². The van der Waals surface area contributed by atoms with Gasteiger partial charge in [-0.05, 0) is 33.6 Å². The standard InChI is InChI=1S/C11H19F3N2O2/c1-10(2,3)18-9(17)16-6-4-5-7(15)8(16)11(12,13)14/h7-8H,4-6,15H2,1-3H3. The molecule has 0 aliphatic carbocycles. The quantitative estimate of drug-likeness (QED) is 0.733. The summed E-state index contributed by atoms with van der Waals surface area (Å²) < 4.78 is 43.7. The van der Waals surface area contributed by atoms with E-state index in [0.717, 1.165) is 0 Å². The van der Waals surface area contributed by atoms with Crippen molar-refractivity contribution in [3.63, 3.8) is 0 Å². The summed E-state index contributed by atoms with van der Waals surface area (Å²) in [6.07, 6.45) is -4.78. The van der Waals surface area contributed by atoms with Crippen LogP contribution in [0.5, 0.6) is 0 Å². The first kappa shape index (κ1) is 15.1. The highest BCUT2D eigenvalue weighted by atomic mass is 19.4. The highest BCUT2D eigenvalue weighted by Gasteiger charge is 2.51. The molecule has 0 bridgehead atoms. The number of hydrogen-bond donors (Lipinski definition) is 1. The van der Waals surface area contributed by atoms with E-state index >= 15 is 0 Å². The summed E-state index contributed by atoms with van der Waals surface area (Å²) in [4.78, 5) is 12.5. The van der Waals surface area contributed by atoms with Crippen molar-refractivity contribution in [3.05, 3.63) is 0 Å². The fourth-order valence-corrected chi connectivity index (χ4v) is 1.97. The van der Waals surface area contributed by atoms with Crippen molar-refractivity contribution in [2.45, 2.75) is 57.5 Å². The van der Waals surface area contributed by atoms with Crippen molar-refractivity contribution in [2.24, 2.45) is 5.73 Å². The Morgan fingerprint density at radius 2 is 1.89 bits per heavy atom. The van der Waals surface area contributed by atoms with Gasteiger partial charge in [-0.2, -0.15) is 13.2 Å². The Kier molecular flexibility index (Phi) is 4.15. The van der Waals surface area contributed by atoms with Crippen LogP contribution in [0.15, 0.2) is 0 Å². The molecular formula is C11H19F3N2O2. The molecule has 2 unspecified atom stereocenters. The Hall–Kier alpha value is -0.980. The van der Waals surface area contributed by atoms with Crippen LogP contribution in [-0.4, -0.2) is 41.4 Å². The van der Waals surface area contributed by atoms with Crippen molar-refractivity contribution < 1.29 is 22.7 Å². The second-order valence-electron chi connectivity index (χ2n) is 5.47. The summed E-state index contributed by atoms with van der Waals surface area (Å²) in [7, 11) is 0. The highest BCUT2D eigenvalue weighted by molar-refractivity contribution is 5.69. The Bertz CT molecular complexity index is 312. The van der Waals surface area contributed by atoms with Crippen molar-refractivity contribution in [1.82, 2.24) is 4.90 Å². The van der Waals surface area contributed by atoms with E-state index < -0.39 is 30.0 Å². The van der Waals surface area contributed by atoms with E-state index in [1.54, 1.807) is 20.8 Å². The van der Waals surface area contributed by atoms with E-state index in [1.807, 2.05) is 0 Å². The molecule has 1 aliphatic rings. The van der Waals surface area contributed by atoms with Gasteiger partial charge in [-0.25, -0.2) is 4.79 Å². The van der Waals surface area contributed by atoms with E-state index in [0.29, 0.717) is 11.3 Å². The third kappa shape index (κ3) is 3.76. The van der Waals surface area contributed by atoms with Crippen LogP contribution in [0, 0.1) is 0 Å². The number of nitrogens with zero attached hydrogens (tertiary/aromatic N) is 1. The lowest BCUT2D eigenvalue weighted by Crippen LogP contribution is -2.61. The Morgan fingerprint density at radius 3 is 2.33 bits per heavy atom. The molecule has 0 saturated carbocycles. The van der Waals surface area contributed by atoms with Crippen LogP contribution in [0.4, 0.5) is 18.0 Å². The Balaban J connectivity index is 2.87. The molecule has 2 N–H and O–H groups in total. The molecule has 1 saturated heterocycles. The van der Waals surface area contributed by atoms with Crippen LogP contribution in [-0.2, 0) is 4.74 Å². The van der Waals surface area contributed by atoms with Gasteiger partial charge in [0.15, 0.2) is 0 Å². The fraction of sp³-hybridized carbons (Fsp3) is 0.909. The third-order valence-corrected chi connectivity index (χ3v) is 2.64. The molecule has 0 aromatic heterocycles. The number of rotatable bonds is 0. The SMILES string of the molecule is CC(C)(C)OC(=O)N1CCCC(N)C1C(F)(F)F. The summed E-state index contributed by atoms with van der Waals surface area (Å²) >= 11 is 0. The molecule has 2 atom stereocenters. The second-order valence-corrected chi connectivity index (χ2v) is 5.47. The zero-order chi connectivity index (χ0) is 14.1. The van der Waals surface area contributed by atoms with Crippen LogP contribution in [0.1, 0.15) is 33.6 Å². The van der Waals surface area contributed by atoms with E-state index in [4.69, 9.17) is 10.5 Å². The first-order valence-electron chi connectivity index (χ1n) is 5.84. The van der Waals surface area contributed by atoms with Crippen LogP contribution in [0.2, 0.25) is 0 Å². The lowest BCUT2D eigenvalue weighted by atomic mass is 9.97. The van der Waals surface area contributed by atoms with Crippen molar-refractivity contribution in [2.75, 3.05) is 6.54 Å². The first-order chi connectivity index (χ1) is 8.02. The molecule has 0 spiro atoms. The number of nitrogens with two attached hydrogens (primary N) is 1. The van der Waals surface area contributed by atoms with Crippen molar-refractivity contribution >= 4 is 6.09 Å². The molecule has 1 fully saturated rings. The lowest BCUT2D eigenvalue weighted by Gasteiger charge is -2.40. The predicted molar refractivity (Wildman–Crippen MR) is 60.0 cm³/mol. The van der Waals surface area contributed by atoms with E-state index in [-0.39, 0.29) is 13.0 Å². The second kappa shape index (κ2) is 4.95. The summed E-state index contributed by atoms with van der Waals surface area (Å²) in [6, 6.07) is -3.05. The molecule has 0 aromatic carbocycles. The number of carbonyl (C=O) groups excluding carboxylic acids is 1. The molecule has 4 nitrogen and oxygen atoms in total. The zero-order valence-electron chi connectivity index (χ0n) is 10.8. The molecular weight excluding hydrogens is 249 g/mol. The number of piperidine rings is 1. The van der Waals surface area contributed by atoms with Gasteiger partial charge in [0.05, 0.1) is 0 Å². The molecule has 1 rings (SSSR count). The number of hydrogen-bond acceptors (Lipinski definition) is 3. The number of halogens is 3. The summed E-state index contributed by atoms with van der Waals surface area (Å²) in [5, 5.41) is 0. The van der Waals surface area contributed by atoms with Gasteiger partial charge >= 0.3 is 12.3 Å². The topological polar surface area (TPSA) is 55.6 Å². The maximum absolute atomic E-state index is 12.9. The smallest absolute Gasteiger partial charge is 0.410 e. The Labute approximate surface area is 104 Å². The summed E-state index contributed by atoms with van der Waals surface area (Å²) in [5.74, 6) is 0. The molecule has 0 radical (unpaired) electrons. The van der Waals surface area contributed by atoms with Crippen molar-refractivity contribution in [1.29, 1.82) is 0 Å². The summed E-state index contributed by atoms with van der Waals surface area (Å²) in [5.41, 5.74) is 4.66. The average Bonchev–Trinajstić information content (AvgIpc) is 2.12. The van der Waals surface area contributed by atoms with Gasteiger partial charge in [-0.3, -0.25) is 4.90 Å². The van der Waals surface area contributed by atoms with E-state index in [2.05, 4.69) is 0 Å². The monoisotopic (exact) mass is 268 g/mol. The highest BCUT2D eigenvalue weighted by Crippen LogP contribution is 2.32. The number of carbonyl (C=O) groups is 1. The first-order valence-corrected chi connectivity index (χ1v) is 5.84. The number of amides is 1.